The van der Waals surface area contributed by atoms with Crippen molar-refractivity contribution in [2.24, 2.45) is 0 Å². The maximum absolute atomic E-state index is 12.2. The Morgan fingerprint density at radius 1 is 1.22 bits per heavy atom. The van der Waals surface area contributed by atoms with E-state index in [0.717, 1.165) is 15.4 Å². The van der Waals surface area contributed by atoms with E-state index in [9.17, 15) is 4.79 Å². The molecule has 2 aromatic rings. The number of benzene rings is 1. The highest BCUT2D eigenvalue weighted by molar-refractivity contribution is 7.14. The van der Waals surface area contributed by atoms with Gasteiger partial charge >= 0.3 is 0 Å². The summed E-state index contributed by atoms with van der Waals surface area (Å²) in [7, 11) is 1.73. The zero-order valence-corrected chi connectivity index (χ0v) is 11.0. The zero-order chi connectivity index (χ0) is 13.1. The van der Waals surface area contributed by atoms with E-state index in [0.29, 0.717) is 5.56 Å². The van der Waals surface area contributed by atoms with Crippen molar-refractivity contribution in [1.29, 1.82) is 5.26 Å². The van der Waals surface area contributed by atoms with Crippen LogP contribution in [0.15, 0.2) is 36.4 Å². The van der Waals surface area contributed by atoms with Crippen molar-refractivity contribution in [2.45, 2.75) is 6.92 Å². The largest absolute Gasteiger partial charge is 0.311 e. The molecule has 1 aromatic heterocycles. The normalized spacial score (nSPS) is 9.83. The van der Waals surface area contributed by atoms with Crippen LogP contribution in [0.3, 0.4) is 0 Å². The molecule has 0 radical (unpaired) electrons. The Morgan fingerprint density at radius 2 is 1.89 bits per heavy atom. The summed E-state index contributed by atoms with van der Waals surface area (Å²) in [6.07, 6.45) is 0. The number of hydrogen-bond donors (Lipinski definition) is 0. The molecule has 0 N–H and O–H groups in total. The van der Waals surface area contributed by atoms with Gasteiger partial charge in [-0.05, 0) is 43.3 Å². The summed E-state index contributed by atoms with van der Waals surface area (Å²) in [6.45, 7) is 1.98. The number of hydrogen-bond acceptors (Lipinski definition) is 3. The van der Waals surface area contributed by atoms with Gasteiger partial charge in [0.05, 0.1) is 16.5 Å². The summed E-state index contributed by atoms with van der Waals surface area (Å²) in [6, 6.07) is 12.8. The molecule has 2 rings (SSSR count). The SMILES string of the molecule is Cc1ccc(C(=O)N(C)c2ccc(C#N)cc2)s1. The monoisotopic (exact) mass is 256 g/mol. The summed E-state index contributed by atoms with van der Waals surface area (Å²) in [5.41, 5.74) is 1.37. The van der Waals surface area contributed by atoms with Gasteiger partial charge in [0.2, 0.25) is 0 Å². The molecule has 0 fully saturated rings. The van der Waals surface area contributed by atoms with Gasteiger partial charge in [-0.3, -0.25) is 4.79 Å². The first kappa shape index (κ1) is 12.3. The van der Waals surface area contributed by atoms with Crippen molar-refractivity contribution in [3.05, 3.63) is 51.7 Å². The molecule has 1 aromatic carbocycles. The minimum absolute atomic E-state index is 0.0298. The van der Waals surface area contributed by atoms with Gasteiger partial charge in [-0.25, -0.2) is 0 Å². The van der Waals surface area contributed by atoms with Gasteiger partial charge in [-0.1, -0.05) is 0 Å². The molecule has 0 aliphatic carbocycles. The van der Waals surface area contributed by atoms with E-state index < -0.39 is 0 Å². The van der Waals surface area contributed by atoms with E-state index in [1.807, 2.05) is 19.1 Å². The second kappa shape index (κ2) is 5.03. The molecule has 0 unspecified atom stereocenters. The Hall–Kier alpha value is -2.12. The van der Waals surface area contributed by atoms with Crippen LogP contribution >= 0.6 is 11.3 Å². The fraction of sp³-hybridized carbons (Fsp3) is 0.143. The van der Waals surface area contributed by atoms with Crippen LogP contribution < -0.4 is 4.90 Å². The molecule has 0 aliphatic heterocycles. The second-order valence-corrected chi connectivity index (χ2v) is 5.22. The quantitative estimate of drug-likeness (QED) is 0.828. The summed E-state index contributed by atoms with van der Waals surface area (Å²) in [5, 5.41) is 8.73. The first-order chi connectivity index (χ1) is 8.61. The molecule has 0 saturated carbocycles. The lowest BCUT2D eigenvalue weighted by molar-refractivity contribution is 0.0997. The molecule has 0 aliphatic rings. The average Bonchev–Trinajstić information content (AvgIpc) is 2.84. The van der Waals surface area contributed by atoms with Gasteiger partial charge in [0, 0.05) is 17.6 Å². The summed E-state index contributed by atoms with van der Waals surface area (Å²) >= 11 is 1.48. The number of carbonyl (C=O) groups excluding carboxylic acids is 1. The van der Waals surface area contributed by atoms with Crippen molar-refractivity contribution in [1.82, 2.24) is 0 Å². The van der Waals surface area contributed by atoms with E-state index in [2.05, 4.69) is 6.07 Å². The molecule has 18 heavy (non-hydrogen) atoms. The van der Waals surface area contributed by atoms with Gasteiger partial charge < -0.3 is 4.90 Å². The number of nitriles is 1. The predicted molar refractivity (Wildman–Crippen MR) is 72.9 cm³/mol. The first-order valence-corrected chi connectivity index (χ1v) is 6.28. The standard InChI is InChI=1S/C14H12N2OS/c1-10-3-8-13(18-10)14(17)16(2)12-6-4-11(9-15)5-7-12/h3-8H,1-2H3. The van der Waals surface area contributed by atoms with Crippen molar-refractivity contribution in [2.75, 3.05) is 11.9 Å². The van der Waals surface area contributed by atoms with Crippen LogP contribution in [0.2, 0.25) is 0 Å². The average molecular weight is 256 g/mol. The molecule has 90 valence electrons. The number of aryl methyl sites for hydroxylation is 1. The number of carbonyl (C=O) groups is 1. The lowest BCUT2D eigenvalue weighted by Gasteiger charge is -2.16. The second-order valence-electron chi connectivity index (χ2n) is 3.93. The molecule has 1 heterocycles. The number of nitrogens with zero attached hydrogens (tertiary/aromatic N) is 2. The Bertz CT molecular complexity index is 607. The zero-order valence-electron chi connectivity index (χ0n) is 10.2. The first-order valence-electron chi connectivity index (χ1n) is 5.46. The molecule has 3 nitrogen and oxygen atoms in total. The molecule has 0 spiro atoms. The summed E-state index contributed by atoms with van der Waals surface area (Å²) in [4.78, 5) is 15.6. The van der Waals surface area contributed by atoms with Crippen molar-refractivity contribution in [3.8, 4) is 6.07 Å². The van der Waals surface area contributed by atoms with Crippen molar-refractivity contribution < 1.29 is 4.79 Å². The molecule has 0 saturated heterocycles. The highest BCUT2D eigenvalue weighted by Gasteiger charge is 2.14. The van der Waals surface area contributed by atoms with E-state index in [4.69, 9.17) is 5.26 Å². The summed E-state index contributed by atoms with van der Waals surface area (Å²) < 4.78 is 0. The summed E-state index contributed by atoms with van der Waals surface area (Å²) in [5.74, 6) is -0.0298. The maximum atomic E-state index is 12.2. The highest BCUT2D eigenvalue weighted by Crippen LogP contribution is 2.20. The van der Waals surface area contributed by atoms with Crippen LogP contribution in [0.1, 0.15) is 20.1 Å². The van der Waals surface area contributed by atoms with Crippen LogP contribution in [0.4, 0.5) is 5.69 Å². The Labute approximate surface area is 110 Å². The molecular weight excluding hydrogens is 244 g/mol. The molecule has 0 atom stereocenters. The lowest BCUT2D eigenvalue weighted by atomic mass is 10.2. The Balaban J connectivity index is 2.23. The number of amides is 1. The minimum atomic E-state index is -0.0298. The Morgan fingerprint density at radius 3 is 2.39 bits per heavy atom. The van der Waals surface area contributed by atoms with Crippen LogP contribution in [0.25, 0.3) is 0 Å². The van der Waals surface area contributed by atoms with Crippen molar-refractivity contribution in [3.63, 3.8) is 0 Å². The topological polar surface area (TPSA) is 44.1 Å². The van der Waals surface area contributed by atoms with Crippen LogP contribution in [-0.4, -0.2) is 13.0 Å². The van der Waals surface area contributed by atoms with Gasteiger partial charge in [0.25, 0.3) is 5.91 Å². The van der Waals surface area contributed by atoms with Crippen molar-refractivity contribution >= 4 is 22.9 Å². The third-order valence-corrected chi connectivity index (χ3v) is 3.63. The fourth-order valence-corrected chi connectivity index (χ4v) is 2.43. The van der Waals surface area contributed by atoms with Crippen LogP contribution in [0, 0.1) is 18.3 Å². The van der Waals surface area contributed by atoms with Gasteiger partial charge in [0.15, 0.2) is 0 Å². The number of anilines is 1. The van der Waals surface area contributed by atoms with Gasteiger partial charge in [-0.15, -0.1) is 11.3 Å². The van der Waals surface area contributed by atoms with E-state index in [1.54, 1.807) is 36.2 Å². The lowest BCUT2D eigenvalue weighted by Crippen LogP contribution is -2.25. The Kier molecular flexibility index (Phi) is 3.45. The highest BCUT2D eigenvalue weighted by atomic mass is 32.1. The molecule has 4 heteroatoms. The van der Waals surface area contributed by atoms with Gasteiger partial charge in [-0.2, -0.15) is 5.26 Å². The smallest absolute Gasteiger partial charge is 0.268 e. The fourth-order valence-electron chi connectivity index (χ4n) is 1.59. The van der Waals surface area contributed by atoms with E-state index in [-0.39, 0.29) is 5.91 Å². The third-order valence-electron chi connectivity index (χ3n) is 2.64. The van der Waals surface area contributed by atoms with Crippen LogP contribution in [0.5, 0.6) is 0 Å². The van der Waals surface area contributed by atoms with Crippen LogP contribution in [-0.2, 0) is 0 Å². The third kappa shape index (κ3) is 2.41. The number of thiophene rings is 1. The molecule has 0 bridgehead atoms. The molecule has 1 amide bonds. The van der Waals surface area contributed by atoms with E-state index in [1.165, 1.54) is 11.3 Å². The predicted octanol–water partition coefficient (Wildman–Crippen LogP) is 3.20. The van der Waals surface area contributed by atoms with E-state index >= 15 is 0 Å². The number of rotatable bonds is 2. The maximum Gasteiger partial charge on any atom is 0.268 e. The minimum Gasteiger partial charge on any atom is -0.311 e. The van der Waals surface area contributed by atoms with Gasteiger partial charge in [0.1, 0.15) is 0 Å². The molecular formula is C14H12N2OS.